The number of hydrogen-bond donors (Lipinski definition) is 5. The molecule has 1 amide bonds. The Morgan fingerprint density at radius 2 is 1.62 bits per heavy atom. The maximum atomic E-state index is 11.9. The van der Waals surface area contributed by atoms with Crippen molar-refractivity contribution >= 4 is 21.6 Å². The van der Waals surface area contributed by atoms with Gasteiger partial charge >= 0.3 is 0 Å². The van der Waals surface area contributed by atoms with E-state index in [-0.39, 0.29) is 29.9 Å². The molecule has 0 fully saturated rings. The Morgan fingerprint density at radius 3 is 2.24 bits per heavy atom. The number of phenolic OH excluding ortho intramolecular Hbond substituents is 1. The third kappa shape index (κ3) is 7.05. The van der Waals surface area contributed by atoms with Crippen LogP contribution in [0.4, 0.5) is 5.69 Å². The van der Waals surface area contributed by atoms with E-state index < -0.39 is 16.1 Å². The number of aliphatic hydroxyl groups is 1. The molecule has 2 atom stereocenters. The highest BCUT2D eigenvalue weighted by Crippen LogP contribution is 2.28. The van der Waals surface area contributed by atoms with E-state index in [4.69, 9.17) is 0 Å². The lowest BCUT2D eigenvalue weighted by molar-refractivity contribution is 0.0963. The third-order valence-corrected chi connectivity index (χ3v) is 5.93. The van der Waals surface area contributed by atoms with Crippen LogP contribution in [0.1, 0.15) is 39.2 Å². The first-order valence-electron chi connectivity index (χ1n) is 10.7. The quantitative estimate of drug-likeness (QED) is 0.282. The van der Waals surface area contributed by atoms with Gasteiger partial charge in [0.1, 0.15) is 5.75 Å². The molecule has 0 bridgehead atoms. The van der Waals surface area contributed by atoms with Gasteiger partial charge in [0.05, 0.1) is 18.0 Å². The van der Waals surface area contributed by atoms with Crippen molar-refractivity contribution in [1.29, 1.82) is 0 Å². The number of benzene rings is 3. The van der Waals surface area contributed by atoms with Crippen LogP contribution in [-0.2, 0) is 16.4 Å². The smallest absolute Gasteiger partial charge is 0.251 e. The summed E-state index contributed by atoms with van der Waals surface area (Å²) >= 11 is 0. The number of aromatic hydroxyl groups is 1. The highest BCUT2D eigenvalue weighted by molar-refractivity contribution is 7.92. The molecule has 5 N–H and O–H groups in total. The summed E-state index contributed by atoms with van der Waals surface area (Å²) < 4.78 is 25.3. The Morgan fingerprint density at radius 1 is 0.971 bits per heavy atom. The van der Waals surface area contributed by atoms with Gasteiger partial charge in [-0.25, -0.2) is 8.42 Å². The molecule has 3 aromatic carbocycles. The van der Waals surface area contributed by atoms with Crippen molar-refractivity contribution in [3.63, 3.8) is 0 Å². The Balaban J connectivity index is 1.78. The molecule has 0 aliphatic heterocycles. The van der Waals surface area contributed by atoms with Crippen LogP contribution in [0.5, 0.6) is 5.75 Å². The van der Waals surface area contributed by atoms with Crippen LogP contribution in [0.25, 0.3) is 0 Å². The fourth-order valence-corrected chi connectivity index (χ4v) is 4.15. The van der Waals surface area contributed by atoms with Crippen LogP contribution in [-0.4, -0.2) is 44.4 Å². The Bertz CT molecular complexity index is 1220. The number of rotatable bonds is 10. The number of anilines is 1. The molecule has 0 radical (unpaired) electrons. The van der Waals surface area contributed by atoms with Crippen molar-refractivity contribution in [2.45, 2.75) is 18.6 Å². The molecular formula is C25H29N3O5S. The molecular weight excluding hydrogens is 454 g/mol. The maximum absolute atomic E-state index is 11.9. The van der Waals surface area contributed by atoms with Crippen LogP contribution in [0.15, 0.2) is 72.8 Å². The minimum atomic E-state index is -3.59. The molecule has 3 aromatic rings. The van der Waals surface area contributed by atoms with Crippen LogP contribution in [0.2, 0.25) is 0 Å². The Hall–Kier alpha value is -3.40. The predicted octanol–water partition coefficient (Wildman–Crippen LogP) is 2.73. The summed E-state index contributed by atoms with van der Waals surface area (Å²) in [5.41, 5.74) is 3.07. The molecule has 0 saturated carbocycles. The minimum absolute atomic E-state index is 0.00433. The molecule has 8 nitrogen and oxygen atoms in total. The van der Waals surface area contributed by atoms with Gasteiger partial charge in [0.25, 0.3) is 5.91 Å². The van der Waals surface area contributed by atoms with Crippen molar-refractivity contribution in [3.8, 4) is 5.75 Å². The van der Waals surface area contributed by atoms with Gasteiger partial charge < -0.3 is 20.8 Å². The number of sulfonamides is 1. The third-order valence-electron chi connectivity index (χ3n) is 5.34. The number of aliphatic hydroxyl groups excluding tert-OH is 1. The van der Waals surface area contributed by atoms with Gasteiger partial charge in [0, 0.05) is 25.2 Å². The topological polar surface area (TPSA) is 128 Å². The fourth-order valence-electron chi connectivity index (χ4n) is 3.58. The van der Waals surface area contributed by atoms with E-state index in [1.807, 2.05) is 42.5 Å². The summed E-state index contributed by atoms with van der Waals surface area (Å²) in [5.74, 6) is -0.395. The molecule has 0 heterocycles. The zero-order valence-corrected chi connectivity index (χ0v) is 19.8. The number of amides is 1. The second-order valence-electron chi connectivity index (χ2n) is 8.02. The van der Waals surface area contributed by atoms with Gasteiger partial charge in [0.15, 0.2) is 0 Å². The lowest BCUT2D eigenvalue weighted by Gasteiger charge is -2.22. The summed E-state index contributed by atoms with van der Waals surface area (Å²) in [6.45, 7) is 0.178. The summed E-state index contributed by atoms with van der Waals surface area (Å²) in [6.07, 6.45) is 0.688. The first kappa shape index (κ1) is 25.2. The molecule has 180 valence electrons. The molecule has 0 unspecified atom stereocenters. The second kappa shape index (κ2) is 11.1. The summed E-state index contributed by atoms with van der Waals surface area (Å²) in [4.78, 5) is 11.9. The number of carbonyl (C=O) groups is 1. The van der Waals surface area contributed by atoms with Crippen LogP contribution >= 0.6 is 0 Å². The fraction of sp³-hybridized carbons (Fsp3) is 0.240. The van der Waals surface area contributed by atoms with Crippen molar-refractivity contribution in [2.24, 2.45) is 0 Å². The van der Waals surface area contributed by atoms with Crippen LogP contribution in [0, 0.1) is 0 Å². The van der Waals surface area contributed by atoms with E-state index in [1.54, 1.807) is 25.2 Å². The van der Waals surface area contributed by atoms with E-state index in [1.165, 1.54) is 12.1 Å². The second-order valence-corrected chi connectivity index (χ2v) is 9.77. The molecule has 0 aliphatic rings. The van der Waals surface area contributed by atoms with Crippen LogP contribution in [0.3, 0.4) is 0 Å². The average Bonchev–Trinajstić information content (AvgIpc) is 2.82. The van der Waals surface area contributed by atoms with Gasteiger partial charge in [-0.15, -0.1) is 0 Å². The first-order valence-corrected chi connectivity index (χ1v) is 12.6. The van der Waals surface area contributed by atoms with Crippen LogP contribution < -0.4 is 15.4 Å². The first-order chi connectivity index (χ1) is 16.2. The van der Waals surface area contributed by atoms with Gasteiger partial charge in [-0.05, 0) is 47.4 Å². The Labute approximate surface area is 199 Å². The normalized spacial score (nSPS) is 13.1. The van der Waals surface area contributed by atoms with E-state index in [2.05, 4.69) is 15.4 Å². The average molecular weight is 484 g/mol. The van der Waals surface area contributed by atoms with E-state index in [0.717, 1.165) is 17.4 Å². The summed E-state index contributed by atoms with van der Waals surface area (Å²) in [5, 5.41) is 26.7. The maximum Gasteiger partial charge on any atom is 0.251 e. The molecule has 9 heteroatoms. The molecule has 0 saturated heterocycles. The number of hydrogen-bond acceptors (Lipinski definition) is 6. The molecule has 0 spiro atoms. The summed E-state index contributed by atoms with van der Waals surface area (Å²) in [7, 11) is -2.00. The van der Waals surface area contributed by atoms with Gasteiger partial charge in [-0.1, -0.05) is 48.5 Å². The minimum Gasteiger partial charge on any atom is -0.506 e. The van der Waals surface area contributed by atoms with Gasteiger partial charge in [0.2, 0.25) is 10.0 Å². The number of phenols is 1. The Kier molecular flexibility index (Phi) is 8.27. The van der Waals surface area contributed by atoms with E-state index >= 15 is 0 Å². The number of nitrogens with one attached hydrogen (secondary N) is 3. The zero-order valence-electron chi connectivity index (χ0n) is 19.0. The predicted molar refractivity (Wildman–Crippen MR) is 132 cm³/mol. The van der Waals surface area contributed by atoms with Crippen molar-refractivity contribution in [1.82, 2.24) is 10.6 Å². The lowest BCUT2D eigenvalue weighted by atomic mass is 9.97. The molecule has 0 aliphatic carbocycles. The van der Waals surface area contributed by atoms with Crippen molar-refractivity contribution in [2.75, 3.05) is 24.6 Å². The zero-order chi connectivity index (χ0) is 24.7. The highest BCUT2D eigenvalue weighted by atomic mass is 32.2. The summed E-state index contributed by atoms with van der Waals surface area (Å²) in [6, 6.07) is 21.3. The molecule has 3 rings (SSSR count). The van der Waals surface area contributed by atoms with Gasteiger partial charge in [-0.2, -0.15) is 0 Å². The lowest BCUT2D eigenvalue weighted by Crippen LogP contribution is -2.28. The monoisotopic (exact) mass is 483 g/mol. The van der Waals surface area contributed by atoms with Gasteiger partial charge in [-0.3, -0.25) is 9.52 Å². The number of carbonyl (C=O) groups excluding carboxylic acids is 1. The highest BCUT2D eigenvalue weighted by Gasteiger charge is 2.17. The van der Waals surface area contributed by atoms with E-state index in [0.29, 0.717) is 17.5 Å². The van der Waals surface area contributed by atoms with Crippen molar-refractivity contribution in [3.05, 3.63) is 95.1 Å². The molecule has 34 heavy (non-hydrogen) atoms. The SMILES string of the molecule is CNC(=O)c1ccc([C@@H](Cc2ccccc2)NC[C@H](O)c2ccc(O)c(NS(C)(=O)=O)c2)cc1. The largest absolute Gasteiger partial charge is 0.506 e. The van der Waals surface area contributed by atoms with Crippen molar-refractivity contribution < 1.29 is 23.4 Å². The van der Waals surface area contributed by atoms with E-state index in [9.17, 15) is 23.4 Å². The molecule has 0 aromatic heterocycles. The standard InChI is InChI=1S/C25H29N3O5S/c1-26-25(31)19-10-8-18(9-11-19)21(14-17-6-4-3-5-7-17)27-16-24(30)20-12-13-23(29)22(15-20)28-34(2,32)33/h3-13,15,21,24,27-30H,14,16H2,1-2H3,(H,26,31)/t21-,24+/m1/s1.